The minimum Gasteiger partial charge on any atom is -0.495 e. The van der Waals surface area contributed by atoms with Gasteiger partial charge in [-0.15, -0.1) is 0 Å². The van der Waals surface area contributed by atoms with Crippen molar-refractivity contribution in [1.29, 1.82) is 0 Å². The first kappa shape index (κ1) is 16.8. The van der Waals surface area contributed by atoms with Crippen molar-refractivity contribution in [2.45, 2.75) is 6.42 Å². The van der Waals surface area contributed by atoms with Gasteiger partial charge >= 0.3 is 0 Å². The highest BCUT2D eigenvalue weighted by molar-refractivity contribution is 6.30. The molecule has 5 nitrogen and oxygen atoms in total. The zero-order valence-corrected chi connectivity index (χ0v) is 13.4. The van der Waals surface area contributed by atoms with Gasteiger partial charge in [0.2, 0.25) is 5.91 Å². The number of methoxy groups -OCH3 is 1. The predicted molar refractivity (Wildman–Crippen MR) is 90.0 cm³/mol. The molecule has 2 rings (SSSR count). The van der Waals surface area contributed by atoms with E-state index >= 15 is 0 Å². The van der Waals surface area contributed by atoms with Gasteiger partial charge in [0.15, 0.2) is 0 Å². The third-order valence-electron chi connectivity index (χ3n) is 3.13. The molecule has 0 aliphatic carbocycles. The van der Waals surface area contributed by atoms with E-state index in [2.05, 4.69) is 10.6 Å². The molecule has 0 fully saturated rings. The monoisotopic (exact) mass is 332 g/mol. The van der Waals surface area contributed by atoms with Crippen LogP contribution in [0.25, 0.3) is 0 Å². The Hall–Kier alpha value is -2.53. The van der Waals surface area contributed by atoms with Gasteiger partial charge in [0, 0.05) is 23.6 Å². The molecule has 120 valence electrons. The summed E-state index contributed by atoms with van der Waals surface area (Å²) in [5, 5.41) is 6.01. The predicted octanol–water partition coefficient (Wildman–Crippen LogP) is 3.11. The van der Waals surface area contributed by atoms with Crippen LogP contribution in [-0.4, -0.2) is 25.5 Å². The Kier molecular flexibility index (Phi) is 6.00. The van der Waals surface area contributed by atoms with E-state index in [0.717, 1.165) is 0 Å². The van der Waals surface area contributed by atoms with E-state index in [1.165, 1.54) is 7.11 Å². The molecule has 23 heavy (non-hydrogen) atoms. The van der Waals surface area contributed by atoms with Crippen LogP contribution in [0.3, 0.4) is 0 Å². The van der Waals surface area contributed by atoms with Crippen LogP contribution in [0.1, 0.15) is 16.8 Å². The first-order chi connectivity index (χ1) is 11.1. The molecular formula is C17H17ClN2O3. The molecule has 0 heterocycles. The minimum absolute atomic E-state index is 0.164. The zero-order valence-electron chi connectivity index (χ0n) is 12.6. The minimum atomic E-state index is -0.244. The first-order valence-corrected chi connectivity index (χ1v) is 7.44. The highest BCUT2D eigenvalue weighted by Gasteiger charge is 2.08. The van der Waals surface area contributed by atoms with Crippen molar-refractivity contribution in [3.63, 3.8) is 0 Å². The van der Waals surface area contributed by atoms with Crippen LogP contribution in [0.15, 0.2) is 48.5 Å². The maximum Gasteiger partial charge on any atom is 0.251 e. The molecule has 2 aromatic rings. The molecule has 0 radical (unpaired) electrons. The quantitative estimate of drug-likeness (QED) is 0.854. The van der Waals surface area contributed by atoms with E-state index in [0.29, 0.717) is 22.0 Å². The maximum absolute atomic E-state index is 11.9. The van der Waals surface area contributed by atoms with Crippen molar-refractivity contribution in [3.8, 4) is 5.75 Å². The smallest absolute Gasteiger partial charge is 0.251 e. The van der Waals surface area contributed by atoms with Crippen LogP contribution >= 0.6 is 11.6 Å². The van der Waals surface area contributed by atoms with Crippen LogP contribution in [0, 0.1) is 0 Å². The topological polar surface area (TPSA) is 67.4 Å². The van der Waals surface area contributed by atoms with E-state index in [9.17, 15) is 9.59 Å². The molecule has 2 aromatic carbocycles. The van der Waals surface area contributed by atoms with Crippen molar-refractivity contribution in [3.05, 3.63) is 59.1 Å². The van der Waals surface area contributed by atoms with Crippen LogP contribution in [0.4, 0.5) is 5.69 Å². The largest absolute Gasteiger partial charge is 0.495 e. The fourth-order valence-electron chi connectivity index (χ4n) is 1.95. The summed E-state index contributed by atoms with van der Waals surface area (Å²) in [6.07, 6.45) is 0.164. The number of rotatable bonds is 6. The number of nitrogens with one attached hydrogen (secondary N) is 2. The van der Waals surface area contributed by atoms with Gasteiger partial charge in [-0.05, 0) is 36.4 Å². The molecule has 0 spiro atoms. The number of ether oxygens (including phenoxy) is 1. The number of amides is 2. The normalized spacial score (nSPS) is 10.0. The van der Waals surface area contributed by atoms with Crippen molar-refractivity contribution in [2.75, 3.05) is 19.0 Å². The van der Waals surface area contributed by atoms with Gasteiger partial charge in [-0.1, -0.05) is 23.7 Å². The third kappa shape index (κ3) is 5.00. The van der Waals surface area contributed by atoms with Gasteiger partial charge in [-0.2, -0.15) is 0 Å². The van der Waals surface area contributed by atoms with E-state index in [1.807, 2.05) is 6.07 Å². The van der Waals surface area contributed by atoms with E-state index in [1.54, 1.807) is 42.5 Å². The summed E-state index contributed by atoms with van der Waals surface area (Å²) < 4.78 is 5.16. The summed E-state index contributed by atoms with van der Waals surface area (Å²) in [6.45, 7) is 0.239. The fraction of sp³-hybridized carbons (Fsp3) is 0.176. The second-order valence-corrected chi connectivity index (χ2v) is 5.20. The molecule has 0 aliphatic rings. The van der Waals surface area contributed by atoms with Crippen LogP contribution < -0.4 is 15.4 Å². The van der Waals surface area contributed by atoms with Gasteiger partial charge in [-0.25, -0.2) is 0 Å². The summed E-state index contributed by atoms with van der Waals surface area (Å²) in [5.74, 6) is 0.142. The van der Waals surface area contributed by atoms with Gasteiger partial charge in [0.25, 0.3) is 5.91 Å². The number of carbonyl (C=O) groups excluding carboxylic acids is 2. The molecule has 6 heteroatoms. The summed E-state index contributed by atoms with van der Waals surface area (Å²) in [6, 6.07) is 13.7. The van der Waals surface area contributed by atoms with Crippen molar-refractivity contribution in [1.82, 2.24) is 5.32 Å². The van der Waals surface area contributed by atoms with Crippen molar-refractivity contribution < 1.29 is 14.3 Å². The van der Waals surface area contributed by atoms with Crippen LogP contribution in [-0.2, 0) is 4.79 Å². The third-order valence-corrected chi connectivity index (χ3v) is 3.38. The number of hydrogen-bond acceptors (Lipinski definition) is 3. The summed E-state index contributed by atoms with van der Waals surface area (Å²) >= 11 is 5.77. The Labute approximate surface area is 139 Å². The highest BCUT2D eigenvalue weighted by atomic mass is 35.5. The molecule has 2 amide bonds. The Bertz CT molecular complexity index is 686. The lowest BCUT2D eigenvalue weighted by atomic mass is 10.2. The second-order valence-electron chi connectivity index (χ2n) is 4.76. The van der Waals surface area contributed by atoms with Gasteiger partial charge in [-0.3, -0.25) is 9.59 Å². The first-order valence-electron chi connectivity index (χ1n) is 7.07. The lowest BCUT2D eigenvalue weighted by Gasteiger charge is -2.10. The Balaban J connectivity index is 1.80. The van der Waals surface area contributed by atoms with Gasteiger partial charge < -0.3 is 15.4 Å². The zero-order chi connectivity index (χ0) is 16.7. The lowest BCUT2D eigenvalue weighted by Crippen LogP contribution is -2.27. The molecule has 0 saturated carbocycles. The highest BCUT2D eigenvalue weighted by Crippen LogP contribution is 2.22. The van der Waals surface area contributed by atoms with E-state index < -0.39 is 0 Å². The number of para-hydroxylation sites is 2. The summed E-state index contributed by atoms with van der Waals surface area (Å²) in [4.78, 5) is 23.8. The number of halogens is 1. The molecule has 0 bridgehead atoms. The fourth-order valence-corrected chi connectivity index (χ4v) is 2.08. The molecule has 0 saturated heterocycles. The number of carbonyl (C=O) groups is 2. The Morgan fingerprint density at radius 3 is 2.48 bits per heavy atom. The molecule has 0 aliphatic heterocycles. The molecule has 2 N–H and O–H groups in total. The van der Waals surface area contributed by atoms with Crippen molar-refractivity contribution in [2.24, 2.45) is 0 Å². The average Bonchev–Trinajstić information content (AvgIpc) is 2.56. The molecule has 0 aromatic heterocycles. The molecular weight excluding hydrogens is 316 g/mol. The SMILES string of the molecule is COc1ccccc1NC(=O)CCNC(=O)c1ccc(Cl)cc1. The number of hydrogen-bond donors (Lipinski definition) is 2. The Morgan fingerprint density at radius 1 is 1.09 bits per heavy atom. The average molecular weight is 333 g/mol. The standard InChI is InChI=1S/C17H17ClN2O3/c1-23-15-5-3-2-4-14(15)20-16(21)10-11-19-17(22)12-6-8-13(18)9-7-12/h2-9H,10-11H2,1H3,(H,19,22)(H,20,21). The van der Waals surface area contributed by atoms with Crippen molar-refractivity contribution >= 4 is 29.1 Å². The Morgan fingerprint density at radius 2 is 1.78 bits per heavy atom. The maximum atomic E-state index is 11.9. The van der Waals surface area contributed by atoms with E-state index in [4.69, 9.17) is 16.3 Å². The van der Waals surface area contributed by atoms with E-state index in [-0.39, 0.29) is 24.8 Å². The number of benzene rings is 2. The number of anilines is 1. The summed E-state index contributed by atoms with van der Waals surface area (Å²) in [5.41, 5.74) is 1.10. The second kappa shape index (κ2) is 8.19. The van der Waals surface area contributed by atoms with Crippen LogP contribution in [0.2, 0.25) is 5.02 Å². The van der Waals surface area contributed by atoms with Gasteiger partial charge in [0.05, 0.1) is 12.8 Å². The lowest BCUT2D eigenvalue weighted by molar-refractivity contribution is -0.116. The van der Waals surface area contributed by atoms with Crippen LogP contribution in [0.5, 0.6) is 5.75 Å². The molecule has 0 unspecified atom stereocenters. The molecule has 0 atom stereocenters. The van der Waals surface area contributed by atoms with Gasteiger partial charge in [0.1, 0.15) is 5.75 Å². The summed E-state index contributed by atoms with van der Waals surface area (Å²) in [7, 11) is 1.54.